The van der Waals surface area contributed by atoms with Crippen LogP contribution < -0.4 is 20.2 Å². The standard InChI is InChI=1S/C26H21ClN4O5/c1-16(30-31-25(33)24(32)29-19-10-7-17(8-11-19)13-14-28)18-9-12-22(23(15-18)35-2)36-26(34)20-5-3-4-6-21(20)27/h3-12,15H,13H2,1-2H3,(H,29,32)(H,31,33). The maximum atomic E-state index is 12.5. The average Bonchev–Trinajstić information content (AvgIpc) is 2.88. The molecule has 10 heteroatoms. The Morgan fingerprint density at radius 1 is 1.00 bits per heavy atom. The summed E-state index contributed by atoms with van der Waals surface area (Å²) in [6, 6.07) is 19.8. The minimum atomic E-state index is -0.965. The molecule has 0 aliphatic carbocycles. The maximum Gasteiger partial charge on any atom is 0.345 e. The van der Waals surface area contributed by atoms with Gasteiger partial charge in [0.1, 0.15) is 0 Å². The van der Waals surface area contributed by atoms with Gasteiger partial charge in [-0.05, 0) is 55.0 Å². The smallest absolute Gasteiger partial charge is 0.345 e. The molecule has 2 N–H and O–H groups in total. The molecule has 0 fully saturated rings. The number of nitriles is 1. The molecule has 36 heavy (non-hydrogen) atoms. The van der Waals surface area contributed by atoms with E-state index in [0.717, 1.165) is 5.56 Å². The number of amides is 2. The van der Waals surface area contributed by atoms with Crippen LogP contribution >= 0.6 is 11.6 Å². The molecule has 0 aliphatic heterocycles. The average molecular weight is 505 g/mol. The lowest BCUT2D eigenvalue weighted by molar-refractivity contribution is -0.136. The Hall–Kier alpha value is -4.68. The highest BCUT2D eigenvalue weighted by Gasteiger charge is 2.17. The zero-order valence-electron chi connectivity index (χ0n) is 19.4. The molecule has 9 nitrogen and oxygen atoms in total. The Morgan fingerprint density at radius 3 is 2.39 bits per heavy atom. The number of carbonyl (C=O) groups is 3. The second kappa shape index (κ2) is 12.1. The highest BCUT2D eigenvalue weighted by Crippen LogP contribution is 2.30. The fourth-order valence-corrected chi connectivity index (χ4v) is 3.21. The number of hydrogen-bond donors (Lipinski definition) is 2. The molecule has 0 aliphatic rings. The van der Waals surface area contributed by atoms with Crippen molar-refractivity contribution in [2.45, 2.75) is 13.3 Å². The van der Waals surface area contributed by atoms with E-state index in [9.17, 15) is 14.4 Å². The van der Waals surface area contributed by atoms with Crippen molar-refractivity contribution < 1.29 is 23.9 Å². The maximum absolute atomic E-state index is 12.5. The minimum Gasteiger partial charge on any atom is -0.493 e. The Labute approximate surface area is 212 Å². The number of rotatable bonds is 7. The number of nitrogens with one attached hydrogen (secondary N) is 2. The van der Waals surface area contributed by atoms with Crippen LogP contribution in [0.2, 0.25) is 5.02 Å². The van der Waals surface area contributed by atoms with E-state index in [0.29, 0.717) is 17.0 Å². The minimum absolute atomic E-state index is 0.170. The summed E-state index contributed by atoms with van der Waals surface area (Å²) in [7, 11) is 1.41. The van der Waals surface area contributed by atoms with Crippen LogP contribution in [0.5, 0.6) is 11.5 Å². The molecule has 0 atom stereocenters. The highest BCUT2D eigenvalue weighted by molar-refractivity contribution is 6.39. The van der Waals surface area contributed by atoms with E-state index in [1.54, 1.807) is 67.6 Å². The lowest BCUT2D eigenvalue weighted by atomic mass is 10.1. The number of halogens is 1. The Bertz CT molecular complexity index is 1360. The van der Waals surface area contributed by atoms with Crippen molar-refractivity contribution in [2.24, 2.45) is 5.10 Å². The van der Waals surface area contributed by atoms with E-state index < -0.39 is 17.8 Å². The fourth-order valence-electron chi connectivity index (χ4n) is 2.99. The predicted molar refractivity (Wildman–Crippen MR) is 134 cm³/mol. The van der Waals surface area contributed by atoms with Crippen molar-refractivity contribution in [3.05, 3.63) is 88.4 Å². The van der Waals surface area contributed by atoms with Crippen molar-refractivity contribution in [1.82, 2.24) is 5.43 Å². The van der Waals surface area contributed by atoms with Gasteiger partial charge in [0.05, 0.1) is 35.9 Å². The zero-order valence-corrected chi connectivity index (χ0v) is 20.1. The van der Waals surface area contributed by atoms with E-state index in [-0.39, 0.29) is 28.5 Å². The summed E-state index contributed by atoms with van der Waals surface area (Å²) < 4.78 is 10.7. The van der Waals surface area contributed by atoms with E-state index in [1.807, 2.05) is 6.07 Å². The molecule has 3 rings (SSSR count). The van der Waals surface area contributed by atoms with Gasteiger partial charge >= 0.3 is 17.8 Å². The molecule has 3 aromatic rings. The van der Waals surface area contributed by atoms with E-state index in [4.69, 9.17) is 26.3 Å². The number of anilines is 1. The summed E-state index contributed by atoms with van der Waals surface area (Å²) in [6.07, 6.45) is 0.248. The number of ether oxygens (including phenoxy) is 2. The SMILES string of the molecule is COc1cc(C(C)=NNC(=O)C(=O)Nc2ccc(CC#N)cc2)ccc1OC(=O)c1ccccc1Cl. The third-order valence-electron chi connectivity index (χ3n) is 4.90. The summed E-state index contributed by atoms with van der Waals surface area (Å²) in [4.78, 5) is 36.7. The van der Waals surface area contributed by atoms with Crippen molar-refractivity contribution in [1.29, 1.82) is 5.26 Å². The molecule has 0 unspecified atom stereocenters. The van der Waals surface area contributed by atoms with Gasteiger partial charge in [-0.1, -0.05) is 35.9 Å². The first-order chi connectivity index (χ1) is 17.3. The van der Waals surface area contributed by atoms with Gasteiger partial charge in [0, 0.05) is 11.3 Å². The number of carbonyl (C=O) groups excluding carboxylic acids is 3. The summed E-state index contributed by atoms with van der Waals surface area (Å²) in [5.41, 5.74) is 4.53. The Morgan fingerprint density at radius 2 is 1.72 bits per heavy atom. The molecule has 2 amide bonds. The molecule has 182 valence electrons. The van der Waals surface area contributed by atoms with Crippen LogP contribution in [0.3, 0.4) is 0 Å². The molecule has 0 spiro atoms. The molecule has 0 aromatic heterocycles. The number of nitrogens with zero attached hydrogens (tertiary/aromatic N) is 2. The number of esters is 1. The molecule has 0 saturated carbocycles. The van der Waals surface area contributed by atoms with Crippen LogP contribution in [0.1, 0.15) is 28.4 Å². The van der Waals surface area contributed by atoms with Gasteiger partial charge in [-0.25, -0.2) is 10.2 Å². The monoisotopic (exact) mass is 504 g/mol. The lowest BCUT2D eigenvalue weighted by Crippen LogP contribution is -2.32. The van der Waals surface area contributed by atoms with Crippen molar-refractivity contribution in [3.8, 4) is 17.6 Å². The van der Waals surface area contributed by atoms with Crippen molar-refractivity contribution in [2.75, 3.05) is 12.4 Å². The molecular weight excluding hydrogens is 484 g/mol. The topological polar surface area (TPSA) is 130 Å². The fraction of sp³-hybridized carbons (Fsp3) is 0.115. The van der Waals surface area contributed by atoms with E-state index >= 15 is 0 Å². The van der Waals surface area contributed by atoms with Crippen LogP contribution in [0, 0.1) is 11.3 Å². The second-order valence-corrected chi connectivity index (χ2v) is 7.77. The van der Waals surface area contributed by atoms with Gasteiger partial charge in [-0.2, -0.15) is 10.4 Å². The van der Waals surface area contributed by atoms with Crippen LogP contribution in [-0.2, 0) is 16.0 Å². The zero-order chi connectivity index (χ0) is 26.1. The highest BCUT2D eigenvalue weighted by atomic mass is 35.5. The first-order valence-corrected chi connectivity index (χ1v) is 11.0. The molecule has 0 heterocycles. The predicted octanol–water partition coefficient (Wildman–Crippen LogP) is 4.11. The third kappa shape index (κ3) is 6.68. The molecule has 3 aromatic carbocycles. The first kappa shape index (κ1) is 25.9. The molecular formula is C26H21ClN4O5. The number of methoxy groups -OCH3 is 1. The van der Waals surface area contributed by atoms with E-state index in [1.165, 1.54) is 13.2 Å². The normalized spacial score (nSPS) is 10.7. The van der Waals surface area contributed by atoms with Gasteiger partial charge in [0.25, 0.3) is 0 Å². The Kier molecular flexibility index (Phi) is 8.75. The number of hydrazone groups is 1. The van der Waals surface area contributed by atoms with Gasteiger partial charge in [-0.3, -0.25) is 9.59 Å². The summed E-state index contributed by atoms with van der Waals surface area (Å²) in [5, 5.41) is 15.4. The van der Waals surface area contributed by atoms with Crippen LogP contribution in [0.15, 0.2) is 71.8 Å². The first-order valence-electron chi connectivity index (χ1n) is 10.6. The summed E-state index contributed by atoms with van der Waals surface area (Å²) in [6.45, 7) is 1.62. The van der Waals surface area contributed by atoms with Crippen LogP contribution in [-0.4, -0.2) is 30.6 Å². The van der Waals surface area contributed by atoms with Gasteiger partial charge in [0.2, 0.25) is 0 Å². The van der Waals surface area contributed by atoms with Crippen molar-refractivity contribution in [3.63, 3.8) is 0 Å². The van der Waals surface area contributed by atoms with Gasteiger partial charge < -0.3 is 14.8 Å². The quantitative estimate of drug-likeness (QED) is 0.164. The molecule has 0 saturated heterocycles. The lowest BCUT2D eigenvalue weighted by Gasteiger charge is -2.11. The van der Waals surface area contributed by atoms with Gasteiger partial charge in [-0.15, -0.1) is 0 Å². The van der Waals surface area contributed by atoms with Crippen LogP contribution in [0.4, 0.5) is 5.69 Å². The Balaban J connectivity index is 1.64. The number of benzene rings is 3. The number of hydrogen-bond acceptors (Lipinski definition) is 7. The van der Waals surface area contributed by atoms with E-state index in [2.05, 4.69) is 15.8 Å². The molecule has 0 bridgehead atoms. The second-order valence-electron chi connectivity index (χ2n) is 7.36. The van der Waals surface area contributed by atoms with Crippen molar-refractivity contribution >= 4 is 40.8 Å². The van der Waals surface area contributed by atoms with Gasteiger partial charge in [0.15, 0.2) is 11.5 Å². The summed E-state index contributed by atoms with van der Waals surface area (Å²) >= 11 is 6.05. The third-order valence-corrected chi connectivity index (χ3v) is 5.23. The summed E-state index contributed by atoms with van der Waals surface area (Å²) in [5.74, 6) is -2.09. The largest absolute Gasteiger partial charge is 0.493 e. The van der Waals surface area contributed by atoms with Crippen LogP contribution in [0.25, 0.3) is 0 Å². The molecule has 0 radical (unpaired) electrons.